The highest BCUT2D eigenvalue weighted by Gasteiger charge is 2.04. The van der Waals surface area contributed by atoms with Crippen LogP contribution >= 0.6 is 0 Å². The topological polar surface area (TPSA) is 41.0 Å². The van der Waals surface area contributed by atoms with Crippen LogP contribution in [0.2, 0.25) is 0 Å². The molecule has 1 aromatic heterocycles. The quantitative estimate of drug-likeness (QED) is 0.547. The van der Waals surface area contributed by atoms with Crippen molar-refractivity contribution in [3.63, 3.8) is 0 Å². The maximum absolute atomic E-state index is 4.13. The van der Waals surface area contributed by atoms with Gasteiger partial charge in [0.25, 0.3) is 0 Å². The van der Waals surface area contributed by atoms with Gasteiger partial charge in [0.15, 0.2) is 0 Å². The van der Waals surface area contributed by atoms with E-state index >= 15 is 0 Å². The fraction of sp³-hybridized carbons (Fsp3) is 0.333. The second kappa shape index (κ2) is 1.69. The molecule has 2 heterocycles. The summed E-state index contributed by atoms with van der Waals surface area (Å²) in [5, 5.41) is 6.76. The van der Waals surface area contributed by atoms with Gasteiger partial charge in [-0.1, -0.05) is 0 Å². The summed E-state index contributed by atoms with van der Waals surface area (Å²) in [5.41, 5.74) is 2.17. The molecule has 2 rings (SSSR count). The van der Waals surface area contributed by atoms with Crippen LogP contribution in [0, 0.1) is 0 Å². The minimum absolute atomic E-state index is 1.00. The maximum Gasteiger partial charge on any atom is 0.103 e. The predicted octanol–water partition coefficient (Wildman–Crippen LogP) is 1.06. The van der Waals surface area contributed by atoms with E-state index in [1.54, 1.807) is 6.20 Å². The van der Waals surface area contributed by atoms with Gasteiger partial charge in [-0.25, -0.2) is 0 Å². The molecule has 1 N–H and O–H groups in total. The summed E-state index contributed by atoms with van der Waals surface area (Å²) < 4.78 is 0. The molecule has 0 saturated heterocycles. The van der Waals surface area contributed by atoms with E-state index < -0.39 is 0 Å². The summed E-state index contributed by atoms with van der Waals surface area (Å²) in [5.74, 6) is 0. The number of hydrogen-bond donors (Lipinski definition) is 1. The average Bonchev–Trinajstić information content (AvgIpc) is 2.33. The van der Waals surface area contributed by atoms with Crippen LogP contribution in [0.1, 0.15) is 12.1 Å². The van der Waals surface area contributed by atoms with Crippen LogP contribution in [0.4, 0.5) is 5.69 Å². The Bertz CT molecular complexity index is 236. The Hall–Kier alpha value is -1.12. The van der Waals surface area contributed by atoms with E-state index in [-0.39, 0.29) is 0 Å². The molecule has 3 heteroatoms. The third-order valence-corrected chi connectivity index (χ3v) is 1.45. The molecular weight excluding hydrogens is 114 g/mol. The zero-order valence-corrected chi connectivity index (χ0v) is 4.96. The van der Waals surface area contributed by atoms with Crippen molar-refractivity contribution in [2.75, 3.05) is 0 Å². The van der Waals surface area contributed by atoms with E-state index in [0.717, 1.165) is 24.2 Å². The molecule has 0 bridgehead atoms. The molecule has 0 saturated carbocycles. The molecule has 46 valence electrons. The fourth-order valence-corrected chi connectivity index (χ4v) is 0.974. The zero-order chi connectivity index (χ0) is 6.10. The standard InChI is InChI=1S/C6H7N3/c1-2-5-6(7-3-1)4-8-9-5/h3-4H,1-2H2,(H,8,9). The Morgan fingerprint density at radius 3 is 3.44 bits per heavy atom. The molecule has 0 aromatic carbocycles. The predicted molar refractivity (Wildman–Crippen MR) is 35.1 cm³/mol. The Morgan fingerprint density at radius 2 is 2.56 bits per heavy atom. The lowest BCUT2D eigenvalue weighted by molar-refractivity contribution is 0.932. The number of aromatic nitrogens is 2. The monoisotopic (exact) mass is 121 g/mol. The van der Waals surface area contributed by atoms with Gasteiger partial charge in [0, 0.05) is 6.21 Å². The van der Waals surface area contributed by atoms with Gasteiger partial charge in [0.2, 0.25) is 0 Å². The fourth-order valence-electron chi connectivity index (χ4n) is 0.974. The van der Waals surface area contributed by atoms with Crippen LogP contribution < -0.4 is 0 Å². The smallest absolute Gasteiger partial charge is 0.103 e. The van der Waals surface area contributed by atoms with Crippen molar-refractivity contribution in [3.8, 4) is 0 Å². The van der Waals surface area contributed by atoms with Crippen LogP contribution in [0.3, 0.4) is 0 Å². The van der Waals surface area contributed by atoms with Gasteiger partial charge < -0.3 is 0 Å². The normalized spacial score (nSPS) is 15.6. The first kappa shape index (κ1) is 4.73. The zero-order valence-electron chi connectivity index (χ0n) is 4.96. The van der Waals surface area contributed by atoms with Gasteiger partial charge in [0.05, 0.1) is 11.9 Å². The minimum Gasteiger partial charge on any atom is -0.280 e. The number of nitrogens with one attached hydrogen (secondary N) is 1. The van der Waals surface area contributed by atoms with Gasteiger partial charge in [0.1, 0.15) is 5.69 Å². The Kier molecular flexibility index (Phi) is 0.886. The first-order valence-electron chi connectivity index (χ1n) is 3.01. The van der Waals surface area contributed by atoms with E-state index in [4.69, 9.17) is 0 Å². The van der Waals surface area contributed by atoms with Crippen LogP contribution in [0.15, 0.2) is 11.2 Å². The van der Waals surface area contributed by atoms with Crippen molar-refractivity contribution >= 4 is 11.9 Å². The molecule has 0 radical (unpaired) electrons. The van der Waals surface area contributed by atoms with Crippen molar-refractivity contribution in [1.29, 1.82) is 0 Å². The molecule has 3 nitrogen and oxygen atoms in total. The highest BCUT2D eigenvalue weighted by atomic mass is 15.1. The van der Waals surface area contributed by atoms with E-state index in [2.05, 4.69) is 15.2 Å². The number of H-pyrrole nitrogens is 1. The van der Waals surface area contributed by atoms with Crippen molar-refractivity contribution in [2.24, 2.45) is 4.99 Å². The van der Waals surface area contributed by atoms with Gasteiger partial charge in [-0.05, 0) is 12.8 Å². The van der Waals surface area contributed by atoms with Gasteiger partial charge in [-0.3, -0.25) is 10.1 Å². The lowest BCUT2D eigenvalue weighted by atomic mass is 10.2. The second-order valence-electron chi connectivity index (χ2n) is 2.08. The van der Waals surface area contributed by atoms with E-state index in [1.165, 1.54) is 0 Å². The van der Waals surface area contributed by atoms with Gasteiger partial charge >= 0.3 is 0 Å². The van der Waals surface area contributed by atoms with Crippen molar-refractivity contribution in [2.45, 2.75) is 12.8 Å². The minimum atomic E-state index is 1.00. The van der Waals surface area contributed by atoms with Crippen LogP contribution in [-0.4, -0.2) is 16.4 Å². The SMILES string of the molecule is C1=Nc2cn[nH]c2CC1. The molecule has 0 fully saturated rings. The highest BCUT2D eigenvalue weighted by Crippen LogP contribution is 2.19. The molecule has 0 atom stereocenters. The summed E-state index contributed by atoms with van der Waals surface area (Å²) in [6.45, 7) is 0. The first-order valence-corrected chi connectivity index (χ1v) is 3.01. The summed E-state index contributed by atoms with van der Waals surface area (Å²) >= 11 is 0. The Labute approximate surface area is 52.8 Å². The largest absolute Gasteiger partial charge is 0.280 e. The van der Waals surface area contributed by atoms with Crippen LogP contribution in [0.25, 0.3) is 0 Å². The summed E-state index contributed by atoms with van der Waals surface area (Å²) in [6, 6.07) is 0. The third kappa shape index (κ3) is 0.650. The number of rotatable bonds is 0. The maximum atomic E-state index is 4.13. The van der Waals surface area contributed by atoms with Crippen molar-refractivity contribution in [3.05, 3.63) is 11.9 Å². The molecular formula is C6H7N3. The summed E-state index contributed by atoms with van der Waals surface area (Å²) in [7, 11) is 0. The van der Waals surface area contributed by atoms with Crippen molar-refractivity contribution in [1.82, 2.24) is 10.2 Å². The van der Waals surface area contributed by atoms with E-state index in [1.807, 2.05) is 6.21 Å². The van der Waals surface area contributed by atoms with Crippen LogP contribution in [-0.2, 0) is 6.42 Å². The summed E-state index contributed by atoms with van der Waals surface area (Å²) in [6.07, 6.45) is 5.77. The first-order chi connectivity index (χ1) is 4.47. The van der Waals surface area contributed by atoms with Gasteiger partial charge in [-0.2, -0.15) is 5.10 Å². The molecule has 1 aliphatic rings. The number of nitrogens with zero attached hydrogens (tertiary/aromatic N) is 2. The number of aromatic amines is 1. The molecule has 1 aliphatic heterocycles. The molecule has 9 heavy (non-hydrogen) atoms. The molecule has 0 aliphatic carbocycles. The van der Waals surface area contributed by atoms with Gasteiger partial charge in [-0.15, -0.1) is 0 Å². The second-order valence-corrected chi connectivity index (χ2v) is 2.08. The number of fused-ring (bicyclic) bond motifs is 1. The highest BCUT2D eigenvalue weighted by molar-refractivity contribution is 5.67. The summed E-state index contributed by atoms with van der Waals surface area (Å²) in [4.78, 5) is 4.13. The van der Waals surface area contributed by atoms with Crippen LogP contribution in [0.5, 0.6) is 0 Å². The van der Waals surface area contributed by atoms with Crippen molar-refractivity contribution < 1.29 is 0 Å². The number of hydrogen-bond acceptors (Lipinski definition) is 2. The Morgan fingerprint density at radius 1 is 1.56 bits per heavy atom. The average molecular weight is 121 g/mol. The lowest BCUT2D eigenvalue weighted by Crippen LogP contribution is -1.91. The molecule has 0 spiro atoms. The molecule has 0 amide bonds. The number of aryl methyl sites for hydroxylation is 1. The van der Waals surface area contributed by atoms with E-state index in [9.17, 15) is 0 Å². The van der Waals surface area contributed by atoms with E-state index in [0.29, 0.717) is 0 Å². The Balaban J connectivity index is 2.53. The molecule has 1 aromatic rings. The third-order valence-electron chi connectivity index (χ3n) is 1.45. The lowest BCUT2D eigenvalue weighted by Gasteiger charge is -1.99. The molecule has 0 unspecified atom stereocenters. The number of aliphatic imine (C=N–C) groups is 1.